The number of nitrogens with one attached hydrogen (secondary N) is 1. The maximum absolute atomic E-state index is 13.6. The third kappa shape index (κ3) is 3.28. The van der Waals surface area contributed by atoms with Gasteiger partial charge in [0.2, 0.25) is 6.04 Å². The summed E-state index contributed by atoms with van der Waals surface area (Å²) in [7, 11) is 0. The van der Waals surface area contributed by atoms with Crippen molar-refractivity contribution in [3.05, 3.63) is 76.6 Å². The molecule has 2 aromatic rings. The monoisotopic (exact) mass is 391 g/mol. The van der Waals surface area contributed by atoms with E-state index in [2.05, 4.69) is 5.32 Å². The summed E-state index contributed by atoms with van der Waals surface area (Å²) in [6.45, 7) is 0. The van der Waals surface area contributed by atoms with E-state index in [9.17, 15) is 18.4 Å². The van der Waals surface area contributed by atoms with Gasteiger partial charge in [-0.05, 0) is 11.6 Å². The molecule has 0 bridgehead atoms. The fourth-order valence-electron chi connectivity index (χ4n) is 3.08. The highest BCUT2D eigenvalue weighted by atomic mass is 32.1. The summed E-state index contributed by atoms with van der Waals surface area (Å²) < 4.78 is 42.4. The van der Waals surface area contributed by atoms with Gasteiger partial charge >= 0.3 is 6.18 Å². The minimum Gasteiger partial charge on any atom is -0.761 e. The number of nitriles is 1. The number of pyridine rings is 1. The molecule has 2 atom stereocenters. The molecule has 1 aliphatic heterocycles. The predicted molar refractivity (Wildman–Crippen MR) is 95.6 cm³/mol. The highest BCUT2D eigenvalue weighted by Crippen LogP contribution is 2.43. The molecular weight excluding hydrogens is 379 g/mol. The number of thiocarbonyl (C=S) groups is 1. The van der Waals surface area contributed by atoms with Crippen LogP contribution < -0.4 is 9.88 Å². The molecule has 1 aromatic heterocycles. The molecule has 0 saturated heterocycles. The van der Waals surface area contributed by atoms with Gasteiger partial charge in [0.25, 0.3) is 0 Å². The van der Waals surface area contributed by atoms with E-state index in [0.717, 1.165) is 6.07 Å². The van der Waals surface area contributed by atoms with Gasteiger partial charge in [0.15, 0.2) is 12.4 Å². The topological polar surface area (TPSA) is 39.7 Å². The van der Waals surface area contributed by atoms with Crippen LogP contribution in [-0.4, -0.2) is 4.99 Å². The maximum atomic E-state index is 13.6. The molecule has 3 rings (SSSR count). The standard InChI is InChI=1S/C18H12F3N3S2/c19-18(20,21)13-7-3-2-6-11(13)14-12(10-22)16(25)23-17(26)15(14)24-8-4-1-5-9-24/h1-9,14-15H,(H-,23,25,26). The summed E-state index contributed by atoms with van der Waals surface area (Å²) in [5, 5.41) is 12.4. The second-order valence-corrected chi connectivity index (χ2v) is 6.52. The number of halogens is 3. The van der Waals surface area contributed by atoms with E-state index in [0.29, 0.717) is 0 Å². The van der Waals surface area contributed by atoms with Gasteiger partial charge in [-0.2, -0.15) is 23.0 Å². The molecule has 1 aromatic carbocycles. The molecule has 2 heterocycles. The minimum absolute atomic E-state index is 0.0240. The quantitative estimate of drug-likeness (QED) is 0.483. The zero-order valence-electron chi connectivity index (χ0n) is 13.2. The predicted octanol–water partition coefficient (Wildman–Crippen LogP) is 3.53. The molecule has 1 aliphatic rings. The van der Waals surface area contributed by atoms with Crippen molar-refractivity contribution in [1.29, 1.82) is 5.26 Å². The highest BCUT2D eigenvalue weighted by Gasteiger charge is 2.44. The molecule has 0 radical (unpaired) electrons. The van der Waals surface area contributed by atoms with Crippen LogP contribution in [0, 0.1) is 11.3 Å². The second kappa shape index (κ2) is 7.02. The van der Waals surface area contributed by atoms with E-state index in [-0.39, 0.29) is 21.2 Å². The van der Waals surface area contributed by atoms with E-state index < -0.39 is 23.7 Å². The molecule has 26 heavy (non-hydrogen) atoms. The van der Waals surface area contributed by atoms with Crippen LogP contribution in [0.5, 0.6) is 0 Å². The van der Waals surface area contributed by atoms with Crippen LogP contribution in [0.2, 0.25) is 0 Å². The lowest BCUT2D eigenvalue weighted by Crippen LogP contribution is -2.53. The van der Waals surface area contributed by atoms with E-state index in [4.69, 9.17) is 24.8 Å². The van der Waals surface area contributed by atoms with Crippen molar-refractivity contribution in [2.45, 2.75) is 18.1 Å². The summed E-state index contributed by atoms with van der Waals surface area (Å²) in [4.78, 5) is 0.271. The van der Waals surface area contributed by atoms with Crippen molar-refractivity contribution in [1.82, 2.24) is 5.32 Å². The minimum atomic E-state index is -4.56. The summed E-state index contributed by atoms with van der Waals surface area (Å²) in [6, 6.07) is 11.8. The lowest BCUT2D eigenvalue weighted by molar-refractivity contribution is -0.708. The van der Waals surface area contributed by atoms with E-state index >= 15 is 0 Å². The average Bonchev–Trinajstić information content (AvgIpc) is 2.61. The molecular formula is C18H12F3N3S2. The van der Waals surface area contributed by atoms with Crippen molar-refractivity contribution in [3.63, 3.8) is 0 Å². The van der Waals surface area contributed by atoms with Crippen molar-refractivity contribution < 1.29 is 17.7 Å². The van der Waals surface area contributed by atoms with Gasteiger partial charge < -0.3 is 17.9 Å². The fourth-order valence-corrected chi connectivity index (χ4v) is 3.79. The lowest BCUT2D eigenvalue weighted by atomic mass is 9.81. The summed E-state index contributed by atoms with van der Waals surface area (Å²) in [6.07, 6.45) is -1.16. The number of hydrogen-bond donors (Lipinski definition) is 1. The van der Waals surface area contributed by atoms with Gasteiger partial charge in [0.05, 0.1) is 17.6 Å². The molecule has 2 unspecified atom stereocenters. The number of benzene rings is 1. The van der Waals surface area contributed by atoms with Crippen LogP contribution in [0.15, 0.2) is 65.5 Å². The third-order valence-corrected chi connectivity index (χ3v) is 4.82. The first kappa shape index (κ1) is 18.3. The molecule has 3 nitrogen and oxygen atoms in total. The molecule has 0 saturated carbocycles. The van der Waals surface area contributed by atoms with Gasteiger partial charge in [0, 0.05) is 17.7 Å². The van der Waals surface area contributed by atoms with Crippen molar-refractivity contribution in [2.24, 2.45) is 0 Å². The van der Waals surface area contributed by atoms with Crippen LogP contribution in [0.4, 0.5) is 13.2 Å². The Bertz CT molecular complexity index is 917. The van der Waals surface area contributed by atoms with Crippen LogP contribution in [0.1, 0.15) is 23.1 Å². The molecule has 132 valence electrons. The van der Waals surface area contributed by atoms with E-state index in [1.165, 1.54) is 18.2 Å². The first-order valence-corrected chi connectivity index (χ1v) is 8.40. The Kier molecular flexibility index (Phi) is 4.94. The Morgan fingerprint density at radius 2 is 1.77 bits per heavy atom. The van der Waals surface area contributed by atoms with Gasteiger partial charge in [0.1, 0.15) is 4.99 Å². The van der Waals surface area contributed by atoms with Crippen LogP contribution >= 0.6 is 12.2 Å². The number of aromatic nitrogens is 1. The largest absolute Gasteiger partial charge is 0.761 e. The maximum Gasteiger partial charge on any atom is 0.416 e. The SMILES string of the molecule is N#CC1=C([S-])NC(=S)C([n+]2ccccc2)C1c1ccccc1C(F)(F)F. The first-order chi connectivity index (χ1) is 12.3. The first-order valence-electron chi connectivity index (χ1n) is 7.58. The van der Waals surface area contributed by atoms with Crippen LogP contribution in [0.3, 0.4) is 0 Å². The van der Waals surface area contributed by atoms with Gasteiger partial charge in [-0.3, -0.25) is 0 Å². The third-order valence-electron chi connectivity index (χ3n) is 4.16. The number of allylic oxidation sites excluding steroid dienone is 1. The lowest BCUT2D eigenvalue weighted by Gasteiger charge is -2.35. The van der Waals surface area contributed by atoms with Gasteiger partial charge in [-0.1, -0.05) is 41.5 Å². The summed E-state index contributed by atoms with van der Waals surface area (Å²) >= 11 is 10.5. The summed E-state index contributed by atoms with van der Waals surface area (Å²) in [5.74, 6) is -0.938. The Labute approximate surface area is 159 Å². The molecule has 0 aliphatic carbocycles. The molecule has 0 spiro atoms. The Hall–Kier alpha value is -2.50. The Morgan fingerprint density at radius 1 is 1.12 bits per heavy atom. The number of nitrogens with zero attached hydrogens (tertiary/aromatic N) is 2. The van der Waals surface area contributed by atoms with Crippen LogP contribution in [0.25, 0.3) is 0 Å². The summed E-state index contributed by atoms with van der Waals surface area (Å²) in [5.41, 5.74) is -0.762. The van der Waals surface area contributed by atoms with Gasteiger partial charge in [-0.25, -0.2) is 0 Å². The smallest absolute Gasteiger partial charge is 0.416 e. The van der Waals surface area contributed by atoms with Crippen molar-refractivity contribution in [2.75, 3.05) is 0 Å². The normalized spacial score (nSPS) is 20.5. The number of rotatable bonds is 2. The number of hydrogen-bond acceptors (Lipinski definition) is 3. The molecule has 8 heteroatoms. The Balaban J connectivity index is 2.28. The number of alkyl halides is 3. The zero-order valence-corrected chi connectivity index (χ0v) is 14.8. The Morgan fingerprint density at radius 3 is 2.38 bits per heavy atom. The van der Waals surface area contributed by atoms with Gasteiger partial charge in [-0.15, -0.1) is 0 Å². The molecule has 0 amide bonds. The van der Waals surface area contributed by atoms with Crippen LogP contribution in [-0.2, 0) is 18.8 Å². The average molecular weight is 391 g/mol. The second-order valence-electron chi connectivity index (χ2n) is 5.67. The van der Waals surface area contributed by atoms with E-state index in [1.54, 1.807) is 35.2 Å². The molecule has 0 fully saturated rings. The zero-order chi connectivity index (χ0) is 18.9. The van der Waals surface area contributed by atoms with Crippen molar-refractivity contribution in [3.8, 4) is 6.07 Å². The van der Waals surface area contributed by atoms with E-state index in [1.807, 2.05) is 6.07 Å². The molecule has 1 N–H and O–H groups in total. The fraction of sp³-hybridized carbons (Fsp3) is 0.167. The highest BCUT2D eigenvalue weighted by molar-refractivity contribution is 7.80. The van der Waals surface area contributed by atoms with Crippen molar-refractivity contribution >= 4 is 29.8 Å².